The van der Waals surface area contributed by atoms with Gasteiger partial charge in [-0.3, -0.25) is 4.79 Å². The Morgan fingerprint density at radius 1 is 1.14 bits per heavy atom. The molecule has 0 spiro atoms. The van der Waals surface area contributed by atoms with Crippen LogP contribution in [0.25, 0.3) is 0 Å². The molecule has 1 saturated carbocycles. The fourth-order valence-electron chi connectivity index (χ4n) is 5.11. The molecule has 2 atom stereocenters. The van der Waals surface area contributed by atoms with Crippen LogP contribution in [0.5, 0.6) is 0 Å². The molecule has 3 rings (SSSR count). The zero-order chi connectivity index (χ0) is 25.5. The normalized spacial score (nSPS) is 27.4. The molecule has 8 heteroatoms. The third-order valence-electron chi connectivity index (χ3n) is 6.98. The highest BCUT2D eigenvalue weighted by Gasteiger charge is 2.45. The zero-order valence-electron chi connectivity index (χ0n) is 21.4. The molecule has 1 saturated heterocycles. The van der Waals surface area contributed by atoms with Crippen molar-refractivity contribution < 1.29 is 28.9 Å². The molecular formula is C27H42N2O6. The summed E-state index contributed by atoms with van der Waals surface area (Å²) >= 11 is 0. The highest BCUT2D eigenvalue weighted by molar-refractivity contribution is 5.69. The van der Waals surface area contributed by atoms with Gasteiger partial charge < -0.3 is 30.0 Å². The number of aliphatic carboxylic acids is 1. The van der Waals surface area contributed by atoms with Crippen LogP contribution in [0.3, 0.4) is 0 Å². The summed E-state index contributed by atoms with van der Waals surface area (Å²) in [5.41, 5.74) is 6.75. The number of carboxylic acids is 1. The van der Waals surface area contributed by atoms with Gasteiger partial charge in [0.2, 0.25) is 0 Å². The van der Waals surface area contributed by atoms with Crippen LogP contribution in [0.15, 0.2) is 30.3 Å². The van der Waals surface area contributed by atoms with Gasteiger partial charge >= 0.3 is 12.1 Å². The number of nitrogens with two attached hydrogens (primary N) is 1. The quantitative estimate of drug-likeness (QED) is 0.496. The van der Waals surface area contributed by atoms with Crippen molar-refractivity contribution in [3.63, 3.8) is 0 Å². The molecule has 3 N–H and O–H groups in total. The molecule has 0 bridgehead atoms. The Balaban J connectivity index is 1.63. The van der Waals surface area contributed by atoms with Gasteiger partial charge in [0, 0.05) is 6.54 Å². The van der Waals surface area contributed by atoms with Crippen molar-refractivity contribution >= 4 is 12.1 Å². The van der Waals surface area contributed by atoms with Gasteiger partial charge in [-0.15, -0.1) is 0 Å². The predicted octanol–water partition coefficient (Wildman–Crippen LogP) is 4.32. The lowest BCUT2D eigenvalue weighted by molar-refractivity contribution is -0.138. The molecule has 2 aliphatic rings. The van der Waals surface area contributed by atoms with E-state index in [-0.39, 0.29) is 25.7 Å². The smallest absolute Gasteiger partial charge is 0.410 e. The van der Waals surface area contributed by atoms with Gasteiger partial charge in [-0.25, -0.2) is 4.79 Å². The minimum atomic E-state index is -0.916. The maximum Gasteiger partial charge on any atom is 0.410 e. The first-order chi connectivity index (χ1) is 16.6. The monoisotopic (exact) mass is 490 g/mol. The second-order valence-electron chi connectivity index (χ2n) is 10.9. The highest BCUT2D eigenvalue weighted by Crippen LogP contribution is 2.35. The molecular weight excluding hydrogens is 448 g/mol. The summed E-state index contributed by atoms with van der Waals surface area (Å²) in [6.07, 6.45) is 5.08. The maximum absolute atomic E-state index is 13.1. The summed E-state index contributed by atoms with van der Waals surface area (Å²) in [5, 5.41) is 8.91. The molecule has 0 unspecified atom stereocenters. The van der Waals surface area contributed by atoms with E-state index in [0.717, 1.165) is 32.1 Å². The third kappa shape index (κ3) is 8.19. The highest BCUT2D eigenvalue weighted by atomic mass is 16.6. The average molecular weight is 491 g/mol. The van der Waals surface area contributed by atoms with E-state index in [1.54, 1.807) is 4.90 Å². The van der Waals surface area contributed by atoms with Crippen molar-refractivity contribution in [2.75, 3.05) is 26.4 Å². The SMILES string of the molecule is CC(C)(C)OC(=O)N1CCC[C@@](N)(COCCC(=O)O)[C@@H]1CO[C@H]1CC[C@@H](c2ccccc2)CC1. The zero-order valence-corrected chi connectivity index (χ0v) is 21.4. The predicted molar refractivity (Wildman–Crippen MR) is 133 cm³/mol. The van der Waals surface area contributed by atoms with E-state index in [0.29, 0.717) is 25.5 Å². The van der Waals surface area contributed by atoms with E-state index < -0.39 is 29.2 Å². The van der Waals surface area contributed by atoms with Crippen LogP contribution in [0.2, 0.25) is 0 Å². The van der Waals surface area contributed by atoms with Crippen LogP contribution < -0.4 is 5.73 Å². The fraction of sp³-hybridized carbons (Fsp3) is 0.704. The van der Waals surface area contributed by atoms with Gasteiger partial charge in [0.25, 0.3) is 0 Å². The number of rotatable bonds is 9. The Bertz CT molecular complexity index is 819. The topological polar surface area (TPSA) is 111 Å². The van der Waals surface area contributed by atoms with E-state index >= 15 is 0 Å². The van der Waals surface area contributed by atoms with E-state index in [9.17, 15) is 9.59 Å². The molecule has 1 amide bonds. The minimum Gasteiger partial charge on any atom is -0.481 e. The number of hydrogen-bond donors (Lipinski definition) is 2. The minimum absolute atomic E-state index is 0.0811. The van der Waals surface area contributed by atoms with Gasteiger partial charge in [-0.2, -0.15) is 0 Å². The van der Waals surface area contributed by atoms with E-state index in [4.69, 9.17) is 25.1 Å². The molecule has 1 aliphatic heterocycles. The second-order valence-corrected chi connectivity index (χ2v) is 10.9. The Morgan fingerprint density at radius 3 is 2.46 bits per heavy atom. The van der Waals surface area contributed by atoms with Crippen LogP contribution in [0.1, 0.15) is 77.2 Å². The van der Waals surface area contributed by atoms with Crippen molar-refractivity contribution in [1.82, 2.24) is 4.90 Å². The largest absolute Gasteiger partial charge is 0.481 e. The standard InChI is InChI=1S/C27H42N2O6/c1-26(2,3)35-25(32)29-16-7-15-27(28,19-33-17-14-24(30)31)23(29)18-34-22-12-10-21(11-13-22)20-8-5-4-6-9-20/h4-6,8-9,21-23H,7,10-19,28H2,1-3H3,(H,30,31)/t21-,22+,23-,27+/m0/s1. The number of ether oxygens (including phenoxy) is 3. The van der Waals surface area contributed by atoms with Gasteiger partial charge in [0.15, 0.2) is 0 Å². The van der Waals surface area contributed by atoms with Crippen molar-refractivity contribution in [3.8, 4) is 0 Å². The number of carbonyl (C=O) groups excluding carboxylic acids is 1. The molecule has 1 aromatic carbocycles. The Hall–Kier alpha value is -2.16. The first kappa shape index (κ1) is 27.4. The summed E-state index contributed by atoms with van der Waals surface area (Å²) in [6.45, 7) is 6.62. The number of carbonyl (C=O) groups is 2. The average Bonchev–Trinajstić information content (AvgIpc) is 2.81. The van der Waals surface area contributed by atoms with Crippen LogP contribution in [-0.4, -0.2) is 71.7 Å². The van der Waals surface area contributed by atoms with Crippen LogP contribution in [0.4, 0.5) is 4.79 Å². The lowest BCUT2D eigenvalue weighted by Gasteiger charge is -2.48. The number of piperidine rings is 1. The van der Waals surface area contributed by atoms with Crippen molar-refractivity contribution in [1.29, 1.82) is 0 Å². The molecule has 0 aromatic heterocycles. The molecule has 2 fully saturated rings. The molecule has 1 heterocycles. The first-order valence-corrected chi connectivity index (χ1v) is 12.8. The van der Waals surface area contributed by atoms with Gasteiger partial charge in [0.1, 0.15) is 5.60 Å². The first-order valence-electron chi connectivity index (χ1n) is 12.8. The molecule has 8 nitrogen and oxygen atoms in total. The molecule has 0 radical (unpaired) electrons. The second kappa shape index (κ2) is 12.2. The Labute approximate surface area is 209 Å². The number of hydrogen-bond acceptors (Lipinski definition) is 6. The summed E-state index contributed by atoms with van der Waals surface area (Å²) in [5.74, 6) is -0.360. The third-order valence-corrected chi connectivity index (χ3v) is 6.98. The number of nitrogens with zero attached hydrogens (tertiary/aromatic N) is 1. The Kier molecular flexibility index (Phi) is 9.55. The molecule has 1 aliphatic carbocycles. The lowest BCUT2D eigenvalue weighted by Crippen LogP contribution is -2.67. The summed E-state index contributed by atoms with van der Waals surface area (Å²) in [7, 11) is 0. The lowest BCUT2D eigenvalue weighted by atomic mass is 9.82. The maximum atomic E-state index is 13.1. The van der Waals surface area contributed by atoms with E-state index in [1.165, 1.54) is 5.56 Å². The summed E-state index contributed by atoms with van der Waals surface area (Å²) < 4.78 is 17.7. The fourth-order valence-corrected chi connectivity index (χ4v) is 5.11. The van der Waals surface area contributed by atoms with Gasteiger partial charge in [0.05, 0.1) is 43.9 Å². The number of carboxylic acid groups (broad SMARTS) is 1. The molecule has 1 aromatic rings. The summed E-state index contributed by atoms with van der Waals surface area (Å²) in [4.78, 5) is 25.6. The van der Waals surface area contributed by atoms with Crippen molar-refractivity contribution in [2.45, 2.75) is 94.9 Å². The van der Waals surface area contributed by atoms with Crippen LogP contribution >= 0.6 is 0 Å². The number of benzene rings is 1. The van der Waals surface area contributed by atoms with E-state index in [2.05, 4.69) is 24.3 Å². The molecule has 196 valence electrons. The van der Waals surface area contributed by atoms with Gasteiger partial charge in [-0.1, -0.05) is 30.3 Å². The summed E-state index contributed by atoms with van der Waals surface area (Å²) in [6, 6.07) is 10.2. The van der Waals surface area contributed by atoms with Crippen molar-refractivity contribution in [2.24, 2.45) is 5.73 Å². The van der Waals surface area contributed by atoms with Crippen LogP contribution in [-0.2, 0) is 19.0 Å². The van der Waals surface area contributed by atoms with E-state index in [1.807, 2.05) is 26.8 Å². The number of amides is 1. The van der Waals surface area contributed by atoms with Crippen molar-refractivity contribution in [3.05, 3.63) is 35.9 Å². The van der Waals surface area contributed by atoms with Crippen LogP contribution in [0, 0.1) is 0 Å². The Morgan fingerprint density at radius 2 is 1.83 bits per heavy atom. The van der Waals surface area contributed by atoms with Gasteiger partial charge in [-0.05, 0) is 70.8 Å². The molecule has 35 heavy (non-hydrogen) atoms. The number of likely N-dealkylation sites (tertiary alicyclic amines) is 1.